The van der Waals surface area contributed by atoms with E-state index in [2.05, 4.69) is 54.9 Å². The van der Waals surface area contributed by atoms with Gasteiger partial charge in [-0.3, -0.25) is 4.99 Å². The molecule has 0 radical (unpaired) electrons. The van der Waals surface area contributed by atoms with Crippen LogP contribution in [-0.4, -0.2) is 30.5 Å². The third-order valence-electron chi connectivity index (χ3n) is 3.19. The molecule has 0 amide bonds. The summed E-state index contributed by atoms with van der Waals surface area (Å²) in [7, 11) is 0. The molecule has 0 aromatic heterocycles. The monoisotopic (exact) mass is 247 g/mol. The summed E-state index contributed by atoms with van der Waals surface area (Å²) in [5.41, 5.74) is 8.63. The van der Waals surface area contributed by atoms with E-state index in [1.807, 2.05) is 0 Å². The Labute approximate surface area is 111 Å². The zero-order chi connectivity index (χ0) is 13.4. The maximum atomic E-state index is 5.92. The molecule has 3 heteroatoms. The molecule has 1 aromatic carbocycles. The number of rotatable bonds is 6. The van der Waals surface area contributed by atoms with Crippen LogP contribution in [0.5, 0.6) is 0 Å². The molecule has 0 aliphatic carbocycles. The predicted molar refractivity (Wildman–Crippen MR) is 78.9 cm³/mol. The summed E-state index contributed by atoms with van der Waals surface area (Å²) in [5, 5.41) is 0. The average Bonchev–Trinajstić information content (AvgIpc) is 2.41. The van der Waals surface area contributed by atoms with Gasteiger partial charge in [0.2, 0.25) is 0 Å². The number of nitrogens with zero attached hydrogens (tertiary/aromatic N) is 2. The van der Waals surface area contributed by atoms with Gasteiger partial charge < -0.3 is 10.6 Å². The molecular weight excluding hydrogens is 222 g/mol. The topological polar surface area (TPSA) is 41.6 Å². The third kappa shape index (κ3) is 4.40. The largest absolute Gasteiger partial charge is 0.370 e. The second-order valence-electron chi connectivity index (χ2n) is 4.33. The summed E-state index contributed by atoms with van der Waals surface area (Å²) >= 11 is 0. The molecule has 2 N–H and O–H groups in total. The molecular formula is C15H25N3. The van der Waals surface area contributed by atoms with Gasteiger partial charge in [0.05, 0.1) is 0 Å². The Bertz CT molecular complexity index is 364. The highest BCUT2D eigenvalue weighted by molar-refractivity contribution is 5.77. The second-order valence-corrected chi connectivity index (χ2v) is 4.33. The fourth-order valence-electron chi connectivity index (χ4n) is 1.89. The van der Waals surface area contributed by atoms with E-state index in [0.29, 0.717) is 5.96 Å². The van der Waals surface area contributed by atoms with Gasteiger partial charge in [0, 0.05) is 19.6 Å². The highest BCUT2D eigenvalue weighted by Gasteiger charge is 2.01. The molecule has 0 atom stereocenters. The molecule has 1 aromatic rings. The predicted octanol–water partition coefficient (Wildman–Crippen LogP) is 2.45. The van der Waals surface area contributed by atoms with Gasteiger partial charge in [0.1, 0.15) is 0 Å². The maximum absolute atomic E-state index is 5.92. The molecule has 0 unspecified atom stereocenters. The summed E-state index contributed by atoms with van der Waals surface area (Å²) in [4.78, 5) is 6.49. The molecule has 0 aliphatic heterocycles. The number of hydrogen-bond donors (Lipinski definition) is 1. The fraction of sp³-hybridized carbons (Fsp3) is 0.533. The van der Waals surface area contributed by atoms with Crippen molar-refractivity contribution >= 4 is 5.96 Å². The van der Waals surface area contributed by atoms with Crippen LogP contribution in [0.4, 0.5) is 0 Å². The second kappa shape index (κ2) is 7.75. The van der Waals surface area contributed by atoms with Crippen LogP contribution in [0.3, 0.4) is 0 Å². The van der Waals surface area contributed by atoms with Gasteiger partial charge in [-0.1, -0.05) is 31.2 Å². The van der Waals surface area contributed by atoms with E-state index in [4.69, 9.17) is 5.73 Å². The molecule has 0 bridgehead atoms. The number of aryl methyl sites for hydroxylation is 1. The van der Waals surface area contributed by atoms with Crippen molar-refractivity contribution < 1.29 is 0 Å². The van der Waals surface area contributed by atoms with Crippen LogP contribution < -0.4 is 5.73 Å². The van der Waals surface area contributed by atoms with Crippen LogP contribution in [0.25, 0.3) is 0 Å². The van der Waals surface area contributed by atoms with Crippen molar-refractivity contribution in [3.8, 4) is 0 Å². The van der Waals surface area contributed by atoms with Crippen LogP contribution in [0, 0.1) is 0 Å². The first-order valence-electron chi connectivity index (χ1n) is 6.83. The van der Waals surface area contributed by atoms with Gasteiger partial charge in [-0.15, -0.1) is 0 Å². The fourth-order valence-corrected chi connectivity index (χ4v) is 1.89. The van der Waals surface area contributed by atoms with Crippen molar-refractivity contribution in [1.82, 2.24) is 4.90 Å². The summed E-state index contributed by atoms with van der Waals surface area (Å²) < 4.78 is 0. The van der Waals surface area contributed by atoms with Crippen molar-refractivity contribution in [2.45, 2.75) is 33.6 Å². The Morgan fingerprint density at radius 1 is 1.06 bits per heavy atom. The Balaban J connectivity index is 2.47. The lowest BCUT2D eigenvalue weighted by molar-refractivity contribution is 0.458. The highest BCUT2D eigenvalue weighted by atomic mass is 15.2. The number of guanidine groups is 1. The molecule has 3 nitrogen and oxygen atoms in total. The van der Waals surface area contributed by atoms with Gasteiger partial charge in [-0.05, 0) is 37.8 Å². The van der Waals surface area contributed by atoms with Gasteiger partial charge >= 0.3 is 0 Å². The lowest BCUT2D eigenvalue weighted by atomic mass is 10.1. The molecule has 0 fully saturated rings. The Morgan fingerprint density at radius 2 is 1.61 bits per heavy atom. The molecule has 0 saturated carbocycles. The highest BCUT2D eigenvalue weighted by Crippen LogP contribution is 2.05. The first kappa shape index (κ1) is 14.6. The normalized spacial score (nSPS) is 11.6. The van der Waals surface area contributed by atoms with E-state index >= 15 is 0 Å². The van der Waals surface area contributed by atoms with Crippen LogP contribution in [-0.2, 0) is 12.8 Å². The van der Waals surface area contributed by atoms with Crippen molar-refractivity contribution in [3.05, 3.63) is 35.4 Å². The van der Waals surface area contributed by atoms with E-state index in [9.17, 15) is 0 Å². The lowest BCUT2D eigenvalue weighted by Gasteiger charge is -2.19. The quantitative estimate of drug-likeness (QED) is 0.619. The van der Waals surface area contributed by atoms with Gasteiger partial charge in [0.15, 0.2) is 5.96 Å². The van der Waals surface area contributed by atoms with E-state index in [1.165, 1.54) is 11.1 Å². The van der Waals surface area contributed by atoms with Gasteiger partial charge in [-0.2, -0.15) is 0 Å². The first-order valence-corrected chi connectivity index (χ1v) is 6.83. The molecule has 0 aliphatic rings. The zero-order valence-corrected chi connectivity index (χ0v) is 11.8. The minimum absolute atomic E-state index is 0.658. The number of hydrogen-bond acceptors (Lipinski definition) is 1. The Hall–Kier alpha value is -1.51. The SMILES string of the molecule is CCc1ccc(CCN=C(N)N(CC)CC)cc1. The van der Waals surface area contributed by atoms with Gasteiger partial charge in [0.25, 0.3) is 0 Å². The summed E-state index contributed by atoms with van der Waals surface area (Å²) in [6, 6.07) is 8.74. The van der Waals surface area contributed by atoms with Crippen molar-refractivity contribution in [2.24, 2.45) is 10.7 Å². The van der Waals surface area contributed by atoms with Crippen LogP contribution >= 0.6 is 0 Å². The Morgan fingerprint density at radius 3 is 2.11 bits per heavy atom. The maximum Gasteiger partial charge on any atom is 0.191 e. The van der Waals surface area contributed by atoms with E-state index in [0.717, 1.165) is 32.5 Å². The molecule has 100 valence electrons. The average molecular weight is 247 g/mol. The lowest BCUT2D eigenvalue weighted by Crippen LogP contribution is -2.37. The van der Waals surface area contributed by atoms with Gasteiger partial charge in [-0.25, -0.2) is 0 Å². The standard InChI is InChI=1S/C15H25N3/c1-4-13-7-9-14(10-8-13)11-12-17-15(16)18(5-2)6-3/h7-10H,4-6,11-12H2,1-3H3,(H2,16,17). The third-order valence-corrected chi connectivity index (χ3v) is 3.19. The Kier molecular flexibility index (Phi) is 6.26. The molecule has 1 rings (SSSR count). The molecule has 0 spiro atoms. The van der Waals surface area contributed by atoms with Crippen LogP contribution in [0.1, 0.15) is 31.9 Å². The smallest absolute Gasteiger partial charge is 0.191 e. The summed E-state index contributed by atoms with van der Waals surface area (Å²) in [6.07, 6.45) is 2.04. The van der Waals surface area contributed by atoms with Crippen molar-refractivity contribution in [2.75, 3.05) is 19.6 Å². The number of benzene rings is 1. The van der Waals surface area contributed by atoms with E-state index in [-0.39, 0.29) is 0 Å². The number of nitrogens with two attached hydrogens (primary N) is 1. The van der Waals surface area contributed by atoms with E-state index < -0.39 is 0 Å². The van der Waals surface area contributed by atoms with Crippen LogP contribution in [0.15, 0.2) is 29.3 Å². The van der Waals surface area contributed by atoms with E-state index in [1.54, 1.807) is 0 Å². The van der Waals surface area contributed by atoms with Crippen LogP contribution in [0.2, 0.25) is 0 Å². The van der Waals surface area contributed by atoms with Crippen molar-refractivity contribution in [3.63, 3.8) is 0 Å². The zero-order valence-electron chi connectivity index (χ0n) is 11.8. The summed E-state index contributed by atoms with van der Waals surface area (Å²) in [6.45, 7) is 8.94. The minimum Gasteiger partial charge on any atom is -0.370 e. The number of aliphatic imine (C=N–C) groups is 1. The molecule has 0 saturated heterocycles. The molecule has 18 heavy (non-hydrogen) atoms. The van der Waals surface area contributed by atoms with Crippen molar-refractivity contribution in [1.29, 1.82) is 0 Å². The first-order chi connectivity index (χ1) is 8.71. The minimum atomic E-state index is 0.658. The summed E-state index contributed by atoms with van der Waals surface area (Å²) in [5.74, 6) is 0.658. The molecule has 0 heterocycles.